The quantitative estimate of drug-likeness (QED) is 0.840. The highest BCUT2D eigenvalue weighted by molar-refractivity contribution is 8.07. The van der Waals surface area contributed by atoms with Crippen LogP contribution in [0.1, 0.15) is 30.5 Å². The molecule has 2 heterocycles. The van der Waals surface area contributed by atoms with E-state index < -0.39 is 0 Å². The number of nitrogens with zero attached hydrogens (tertiary/aromatic N) is 3. The summed E-state index contributed by atoms with van der Waals surface area (Å²) in [4.78, 5) is 8.48. The minimum Gasteiger partial charge on any atom is -0.382 e. The molecule has 0 aromatic carbocycles. The van der Waals surface area contributed by atoms with Gasteiger partial charge in [0.05, 0.1) is 11.4 Å². The second-order valence-electron chi connectivity index (χ2n) is 4.01. The van der Waals surface area contributed by atoms with Crippen molar-refractivity contribution in [3.8, 4) is 6.07 Å². The summed E-state index contributed by atoms with van der Waals surface area (Å²) in [7, 11) is 0. The second-order valence-corrected chi connectivity index (χ2v) is 7.00. The molecule has 0 amide bonds. The predicted molar refractivity (Wildman–Crippen MR) is 72.9 cm³/mol. The van der Waals surface area contributed by atoms with Crippen LogP contribution in [-0.4, -0.2) is 26.2 Å². The number of anilines is 1. The van der Waals surface area contributed by atoms with Crippen molar-refractivity contribution in [1.29, 1.82) is 5.26 Å². The van der Waals surface area contributed by atoms with Crippen molar-refractivity contribution in [2.45, 2.75) is 29.6 Å². The lowest BCUT2D eigenvalue weighted by Gasteiger charge is -2.30. The fourth-order valence-electron chi connectivity index (χ4n) is 1.57. The smallest absolute Gasteiger partial charge is 0.145 e. The van der Waals surface area contributed by atoms with Gasteiger partial charge in [-0.15, -0.1) is 11.8 Å². The normalized spacial score (nSPS) is 28.6. The van der Waals surface area contributed by atoms with E-state index in [0.29, 0.717) is 16.1 Å². The standard InChI is InChI=1S/C11H14N4S2/c1-6-7(2)17-9(5-16-6)11-14-4-8(3-12)10(13)15-11/h4,6-7,9H,5H2,1-2H3,(H2,13,14,15). The second kappa shape index (κ2) is 5.15. The monoisotopic (exact) mass is 266 g/mol. The molecule has 0 bridgehead atoms. The van der Waals surface area contributed by atoms with Crippen molar-refractivity contribution in [3.63, 3.8) is 0 Å². The Bertz CT molecular complexity index is 457. The molecule has 1 aromatic rings. The van der Waals surface area contributed by atoms with Crippen LogP contribution in [-0.2, 0) is 0 Å². The molecule has 90 valence electrons. The van der Waals surface area contributed by atoms with Gasteiger partial charge in [-0.25, -0.2) is 9.97 Å². The topological polar surface area (TPSA) is 75.6 Å². The molecule has 17 heavy (non-hydrogen) atoms. The van der Waals surface area contributed by atoms with Gasteiger partial charge >= 0.3 is 0 Å². The largest absolute Gasteiger partial charge is 0.382 e. The first-order valence-corrected chi connectivity index (χ1v) is 7.40. The first-order valence-electron chi connectivity index (χ1n) is 5.41. The molecule has 0 radical (unpaired) electrons. The average molecular weight is 266 g/mol. The van der Waals surface area contributed by atoms with E-state index >= 15 is 0 Å². The lowest BCUT2D eigenvalue weighted by Crippen LogP contribution is -2.23. The highest BCUT2D eigenvalue weighted by Crippen LogP contribution is 2.43. The molecule has 1 fully saturated rings. The minimum absolute atomic E-state index is 0.279. The molecule has 2 N–H and O–H groups in total. The van der Waals surface area contributed by atoms with Crippen molar-refractivity contribution >= 4 is 29.3 Å². The molecule has 0 saturated carbocycles. The van der Waals surface area contributed by atoms with E-state index in [0.717, 1.165) is 11.6 Å². The van der Waals surface area contributed by atoms with Gasteiger partial charge in [0.2, 0.25) is 0 Å². The first kappa shape index (κ1) is 12.5. The number of aromatic nitrogens is 2. The number of hydrogen-bond donors (Lipinski definition) is 1. The number of rotatable bonds is 1. The molecule has 2 rings (SSSR count). The Labute approximate surface area is 109 Å². The van der Waals surface area contributed by atoms with E-state index in [1.807, 2.05) is 29.6 Å². The molecule has 4 nitrogen and oxygen atoms in total. The van der Waals surface area contributed by atoms with Gasteiger partial charge in [-0.3, -0.25) is 0 Å². The third-order valence-electron chi connectivity index (χ3n) is 2.80. The van der Waals surface area contributed by atoms with Gasteiger partial charge in [0.25, 0.3) is 0 Å². The predicted octanol–water partition coefficient (Wildman–Crippen LogP) is 2.23. The van der Waals surface area contributed by atoms with Crippen LogP contribution in [0, 0.1) is 11.3 Å². The zero-order valence-corrected chi connectivity index (χ0v) is 11.4. The summed E-state index contributed by atoms with van der Waals surface area (Å²) in [6.07, 6.45) is 1.52. The maximum Gasteiger partial charge on any atom is 0.145 e. The average Bonchev–Trinajstić information content (AvgIpc) is 2.32. The Morgan fingerprint density at radius 3 is 2.82 bits per heavy atom. The van der Waals surface area contributed by atoms with Crippen LogP contribution in [0.15, 0.2) is 6.20 Å². The minimum atomic E-state index is 0.279. The van der Waals surface area contributed by atoms with Gasteiger partial charge in [0.1, 0.15) is 23.3 Å². The number of hydrogen-bond acceptors (Lipinski definition) is 6. The first-order chi connectivity index (χ1) is 8.11. The highest BCUT2D eigenvalue weighted by atomic mass is 32.2. The van der Waals surface area contributed by atoms with Crippen LogP contribution in [0.25, 0.3) is 0 Å². The molecule has 1 aliphatic rings. The van der Waals surface area contributed by atoms with Gasteiger partial charge in [-0.05, 0) is 0 Å². The SMILES string of the molecule is CC1SCC(c2ncc(C#N)c(N)n2)SC1C. The van der Waals surface area contributed by atoms with Crippen molar-refractivity contribution in [1.82, 2.24) is 9.97 Å². The summed E-state index contributed by atoms with van der Waals surface area (Å²) < 4.78 is 0. The van der Waals surface area contributed by atoms with Crippen LogP contribution < -0.4 is 5.73 Å². The maximum absolute atomic E-state index is 8.78. The zero-order chi connectivity index (χ0) is 12.4. The van der Waals surface area contributed by atoms with Crippen molar-refractivity contribution in [2.24, 2.45) is 0 Å². The summed E-state index contributed by atoms with van der Waals surface area (Å²) in [5.41, 5.74) is 6.06. The van der Waals surface area contributed by atoms with Crippen LogP contribution in [0.5, 0.6) is 0 Å². The number of nitrogen functional groups attached to an aromatic ring is 1. The van der Waals surface area contributed by atoms with E-state index in [4.69, 9.17) is 11.0 Å². The number of nitriles is 1. The third-order valence-corrected chi connectivity index (χ3v) is 6.18. The van der Waals surface area contributed by atoms with Crippen molar-refractivity contribution in [2.75, 3.05) is 11.5 Å². The summed E-state index contributed by atoms with van der Waals surface area (Å²) in [6.45, 7) is 4.47. The fourth-order valence-corrected chi connectivity index (χ4v) is 4.42. The van der Waals surface area contributed by atoms with E-state index in [9.17, 15) is 0 Å². The molecule has 1 saturated heterocycles. The fraction of sp³-hybridized carbons (Fsp3) is 0.545. The Morgan fingerprint density at radius 2 is 2.24 bits per heavy atom. The molecule has 3 atom stereocenters. The summed E-state index contributed by atoms with van der Waals surface area (Å²) in [6, 6.07) is 1.98. The Hall–Kier alpha value is -0.930. The van der Waals surface area contributed by atoms with E-state index in [1.165, 1.54) is 6.20 Å². The molecule has 0 aliphatic carbocycles. The summed E-state index contributed by atoms with van der Waals surface area (Å²) in [5.74, 6) is 2.04. The highest BCUT2D eigenvalue weighted by Gasteiger charge is 2.28. The Morgan fingerprint density at radius 1 is 1.47 bits per heavy atom. The van der Waals surface area contributed by atoms with Gasteiger partial charge in [0.15, 0.2) is 0 Å². The van der Waals surface area contributed by atoms with Gasteiger partial charge in [0, 0.05) is 16.3 Å². The van der Waals surface area contributed by atoms with E-state index in [-0.39, 0.29) is 11.1 Å². The lowest BCUT2D eigenvalue weighted by molar-refractivity contribution is 0.860. The van der Waals surface area contributed by atoms with Gasteiger partial charge in [-0.2, -0.15) is 17.0 Å². The van der Waals surface area contributed by atoms with Crippen molar-refractivity contribution in [3.05, 3.63) is 17.6 Å². The number of nitrogens with two attached hydrogens (primary N) is 1. The molecule has 0 spiro atoms. The third kappa shape index (κ3) is 2.67. The summed E-state index contributed by atoms with van der Waals surface area (Å²) >= 11 is 3.82. The van der Waals surface area contributed by atoms with Gasteiger partial charge in [-0.1, -0.05) is 13.8 Å². The van der Waals surface area contributed by atoms with E-state index in [1.54, 1.807) is 0 Å². The van der Waals surface area contributed by atoms with Crippen molar-refractivity contribution < 1.29 is 0 Å². The molecule has 6 heteroatoms. The lowest BCUT2D eigenvalue weighted by atomic mass is 10.3. The van der Waals surface area contributed by atoms with Crippen LogP contribution >= 0.6 is 23.5 Å². The van der Waals surface area contributed by atoms with E-state index in [2.05, 4.69) is 23.8 Å². The van der Waals surface area contributed by atoms with Gasteiger partial charge < -0.3 is 5.73 Å². The van der Waals surface area contributed by atoms with Crippen LogP contribution in [0.3, 0.4) is 0 Å². The molecule has 3 unspecified atom stereocenters. The molecular weight excluding hydrogens is 252 g/mol. The molecular formula is C11H14N4S2. The Kier molecular flexibility index (Phi) is 3.79. The maximum atomic E-state index is 8.78. The van der Waals surface area contributed by atoms with Crippen LogP contribution in [0.2, 0.25) is 0 Å². The zero-order valence-electron chi connectivity index (χ0n) is 9.75. The molecule has 1 aromatic heterocycles. The van der Waals surface area contributed by atoms with Crippen LogP contribution in [0.4, 0.5) is 5.82 Å². The summed E-state index contributed by atoms with van der Waals surface area (Å²) in [5, 5.41) is 10.3. The number of thioether (sulfide) groups is 2. The Balaban J connectivity index is 2.18. The molecule has 1 aliphatic heterocycles.